The van der Waals surface area contributed by atoms with E-state index in [2.05, 4.69) is 5.32 Å². The molecule has 0 amide bonds. The van der Waals surface area contributed by atoms with E-state index in [-0.39, 0.29) is 63.7 Å². The van der Waals surface area contributed by atoms with Crippen LogP contribution in [0, 0.1) is 0 Å². The molecular weight excluding hydrogens is 233 g/mol. The summed E-state index contributed by atoms with van der Waals surface area (Å²) in [5, 5.41) is 2.86. The van der Waals surface area contributed by atoms with E-state index in [1.165, 1.54) is 6.07 Å². The van der Waals surface area contributed by atoms with Gasteiger partial charge in [0, 0.05) is 6.54 Å². The van der Waals surface area contributed by atoms with Gasteiger partial charge in [0.2, 0.25) is 0 Å². The van der Waals surface area contributed by atoms with Crippen molar-refractivity contribution >= 4 is 18.1 Å². The topological polar surface area (TPSA) is 21.3 Å². The van der Waals surface area contributed by atoms with E-state index in [1.54, 1.807) is 6.07 Å². The van der Waals surface area contributed by atoms with Gasteiger partial charge in [-0.3, -0.25) is 0 Å². The summed E-state index contributed by atoms with van der Waals surface area (Å²) in [4.78, 5) is 0. The summed E-state index contributed by atoms with van der Waals surface area (Å²) in [6, 6.07) is 4.01. The number of para-hydroxylation sites is 1. The summed E-state index contributed by atoms with van der Waals surface area (Å²) in [5.74, 6) is -0.0637. The Hall–Kier alpha value is 0.311. The molecule has 2 rings (SSSR count). The fraction of sp³-hybridized carbons (Fsp3) is 0.250. The number of hydrogen-bond acceptors (Lipinski definition) is 2. The number of rotatable bonds is 1. The zero-order valence-electron chi connectivity index (χ0n) is 8.27. The van der Waals surface area contributed by atoms with E-state index < -0.39 is 12.4 Å². The number of nitrogens with one attached hydrogen (secondary N) is 1. The summed E-state index contributed by atoms with van der Waals surface area (Å²) in [5.41, 5.74) is -0.234. The Balaban J connectivity index is 0.00000112. The number of halogens is 3. The van der Waals surface area contributed by atoms with Gasteiger partial charge in [-0.1, -0.05) is 17.6 Å². The van der Waals surface area contributed by atoms with Crippen LogP contribution >= 0.6 is 0 Å². The van der Waals surface area contributed by atoms with E-state index in [4.69, 9.17) is 4.74 Å². The molecule has 1 heterocycles. The van der Waals surface area contributed by atoms with Crippen LogP contribution < -0.4 is 66.9 Å². The molecule has 0 spiro atoms. The van der Waals surface area contributed by atoms with Crippen LogP contribution in [0.2, 0.25) is 0 Å². The molecule has 1 aromatic carbocycles. The maximum absolute atomic E-state index is 12.5. The molecule has 0 aliphatic carbocycles. The fourth-order valence-corrected chi connectivity index (χ4v) is 1.45. The molecule has 0 fully saturated rings. The Labute approximate surface area is 128 Å². The monoisotopic (exact) mass is 241 g/mol. The van der Waals surface area contributed by atoms with Gasteiger partial charge >= 0.3 is 58.4 Å². The van der Waals surface area contributed by atoms with Crippen LogP contribution in [0.4, 0.5) is 18.6 Å². The van der Waals surface area contributed by atoms with E-state index in [0.717, 1.165) is 6.07 Å². The molecule has 1 aromatic rings. The Kier molecular flexibility index (Phi) is 4.54. The summed E-state index contributed by atoms with van der Waals surface area (Å²) in [6.07, 6.45) is 0. The van der Waals surface area contributed by atoms with E-state index in [9.17, 15) is 12.9 Å². The standard InChI is InChI=1S/C8H8BF3NO.K/c10-9(11,12)6-2-1-3-7-8(6)14-5-4-13-7;/h1-3,13H,4-5H2;/q-1;+1. The Bertz CT molecular complexity index is 358. The van der Waals surface area contributed by atoms with Crippen LogP contribution in [0.25, 0.3) is 0 Å². The first-order valence-electron chi connectivity index (χ1n) is 4.28. The SMILES string of the molecule is F[B-](F)(F)c1cccc2c1OCCN2.[K+]. The number of ether oxygens (including phenoxy) is 1. The average Bonchev–Trinajstić information content (AvgIpc) is 2.15. The molecule has 1 aliphatic heterocycles. The largest absolute Gasteiger partial charge is 1.00 e. The molecule has 0 aromatic heterocycles. The minimum atomic E-state index is -5.00. The van der Waals surface area contributed by atoms with Crippen LogP contribution in [-0.4, -0.2) is 20.1 Å². The average molecular weight is 241 g/mol. The number of fused-ring (bicyclic) bond motifs is 1. The summed E-state index contributed by atoms with van der Waals surface area (Å²) < 4.78 is 42.6. The van der Waals surface area contributed by atoms with E-state index in [0.29, 0.717) is 12.2 Å². The van der Waals surface area contributed by atoms with Crippen molar-refractivity contribution in [3.63, 3.8) is 0 Å². The van der Waals surface area contributed by atoms with Gasteiger partial charge in [-0.25, -0.2) is 0 Å². The molecule has 2 nitrogen and oxygen atoms in total. The summed E-state index contributed by atoms with van der Waals surface area (Å²) in [7, 11) is 0. The van der Waals surface area contributed by atoms with Crippen LogP contribution in [0.3, 0.4) is 0 Å². The van der Waals surface area contributed by atoms with Gasteiger partial charge in [0.1, 0.15) is 12.4 Å². The number of anilines is 1. The first kappa shape index (κ1) is 13.4. The predicted octanol–water partition coefficient (Wildman–Crippen LogP) is -1.45. The first-order chi connectivity index (χ1) is 6.59. The quantitative estimate of drug-likeness (QED) is 0.607. The molecule has 1 aliphatic rings. The third kappa shape index (κ3) is 2.91. The van der Waals surface area contributed by atoms with Crippen molar-refractivity contribution in [1.29, 1.82) is 0 Å². The van der Waals surface area contributed by atoms with Gasteiger partial charge in [0.25, 0.3) is 0 Å². The Morgan fingerprint density at radius 1 is 1.27 bits per heavy atom. The maximum atomic E-state index is 12.5. The second kappa shape index (κ2) is 5.09. The predicted molar refractivity (Wildman–Crippen MR) is 49.1 cm³/mol. The van der Waals surface area contributed by atoms with Crippen molar-refractivity contribution in [1.82, 2.24) is 0 Å². The molecule has 76 valence electrons. The molecule has 0 bridgehead atoms. The number of benzene rings is 1. The first-order valence-corrected chi connectivity index (χ1v) is 4.28. The van der Waals surface area contributed by atoms with Crippen molar-refractivity contribution in [2.75, 3.05) is 18.5 Å². The van der Waals surface area contributed by atoms with Crippen molar-refractivity contribution in [2.45, 2.75) is 0 Å². The zero-order chi connectivity index (χ0) is 10.2. The third-order valence-electron chi connectivity index (χ3n) is 2.06. The van der Waals surface area contributed by atoms with Crippen molar-refractivity contribution in [2.24, 2.45) is 0 Å². The van der Waals surface area contributed by atoms with Crippen LogP contribution in [-0.2, 0) is 0 Å². The van der Waals surface area contributed by atoms with Crippen molar-refractivity contribution in [3.05, 3.63) is 18.2 Å². The molecular formula is C8H8BF3KNO. The molecule has 1 N–H and O–H groups in total. The molecule has 0 saturated carbocycles. The van der Waals surface area contributed by atoms with Gasteiger partial charge in [0.15, 0.2) is 0 Å². The Morgan fingerprint density at radius 3 is 2.67 bits per heavy atom. The molecule has 7 heteroatoms. The van der Waals surface area contributed by atoms with Gasteiger partial charge in [-0.2, -0.15) is 0 Å². The maximum Gasteiger partial charge on any atom is 1.00 e. The number of hydrogen-bond donors (Lipinski definition) is 1. The summed E-state index contributed by atoms with van der Waals surface area (Å²) in [6.45, 7) is -4.18. The second-order valence-corrected chi connectivity index (χ2v) is 3.07. The van der Waals surface area contributed by atoms with Crippen LogP contribution in [0.1, 0.15) is 0 Å². The minimum absolute atomic E-state index is 0. The van der Waals surface area contributed by atoms with E-state index in [1.807, 2.05) is 0 Å². The van der Waals surface area contributed by atoms with Crippen molar-refractivity contribution in [3.8, 4) is 5.75 Å². The smallest absolute Gasteiger partial charge is 0.493 e. The van der Waals surface area contributed by atoms with Gasteiger partial charge in [-0.15, -0.1) is 0 Å². The molecule has 15 heavy (non-hydrogen) atoms. The minimum Gasteiger partial charge on any atom is -0.493 e. The third-order valence-corrected chi connectivity index (χ3v) is 2.06. The van der Waals surface area contributed by atoms with Gasteiger partial charge < -0.3 is 23.0 Å². The summed E-state index contributed by atoms with van der Waals surface area (Å²) >= 11 is 0. The second-order valence-electron chi connectivity index (χ2n) is 3.07. The molecule has 0 radical (unpaired) electrons. The normalized spacial score (nSPS) is 14.3. The molecule has 0 unspecified atom stereocenters. The molecule has 0 saturated heterocycles. The fourth-order valence-electron chi connectivity index (χ4n) is 1.45. The van der Waals surface area contributed by atoms with Crippen LogP contribution in [0.15, 0.2) is 18.2 Å². The van der Waals surface area contributed by atoms with Crippen molar-refractivity contribution < 1.29 is 69.1 Å². The van der Waals surface area contributed by atoms with Gasteiger partial charge in [0.05, 0.1) is 5.69 Å². The van der Waals surface area contributed by atoms with Gasteiger partial charge in [-0.05, 0) is 6.07 Å². The van der Waals surface area contributed by atoms with E-state index >= 15 is 0 Å². The molecule has 0 atom stereocenters. The van der Waals surface area contributed by atoms with Crippen LogP contribution in [0.5, 0.6) is 5.75 Å². The Morgan fingerprint density at radius 2 is 2.00 bits per heavy atom. The zero-order valence-corrected chi connectivity index (χ0v) is 11.4.